The van der Waals surface area contributed by atoms with E-state index in [9.17, 15) is 38.9 Å². The molecule has 23 heavy (non-hydrogen) atoms. The van der Waals surface area contributed by atoms with Gasteiger partial charge in [-0.2, -0.15) is 0 Å². The maximum absolute atomic E-state index is 11.3. The molecule has 2 aromatic rings. The van der Waals surface area contributed by atoms with Crippen LogP contribution in [0.5, 0.6) is 0 Å². The summed E-state index contributed by atoms with van der Waals surface area (Å²) in [5.74, 6) is 0. The number of benzene rings is 2. The molecule has 2 rings (SSSR count). The Balaban J connectivity index is 0.00000264. The third-order valence-electron chi connectivity index (χ3n) is 2.69. The zero-order valence-corrected chi connectivity index (χ0v) is 14.4. The van der Waals surface area contributed by atoms with E-state index in [1.54, 1.807) is 0 Å². The Bertz CT molecular complexity index is 1090. The summed E-state index contributed by atoms with van der Waals surface area (Å²) in [6.45, 7) is 0. The van der Waals surface area contributed by atoms with Crippen LogP contribution in [0.4, 0.5) is 0 Å². The first-order valence-electron chi connectivity index (χ1n) is 5.27. The normalized spacial score (nSPS) is 12.8. The first-order valence-corrected chi connectivity index (χ1v) is 9.49. The van der Waals surface area contributed by atoms with Crippen molar-refractivity contribution in [2.75, 3.05) is 0 Å². The molecule has 0 bridgehead atoms. The second kappa shape index (κ2) is 6.11. The van der Waals surface area contributed by atoms with Crippen molar-refractivity contribution in [1.82, 2.24) is 0 Å². The minimum absolute atomic E-state index is 0. The summed E-state index contributed by atoms with van der Waals surface area (Å²) >= 11 is 0. The number of hydrogen-bond acceptors (Lipinski definition) is 9. The Morgan fingerprint density at radius 1 is 0.696 bits per heavy atom. The van der Waals surface area contributed by atoms with Gasteiger partial charge in [-0.1, -0.05) is 24.3 Å². The molecule has 0 spiro atoms. The molecule has 13 heteroatoms. The average Bonchev–Trinajstić information content (AvgIpc) is 2.33. The molecule has 0 N–H and O–H groups in total. The van der Waals surface area contributed by atoms with Crippen molar-refractivity contribution >= 4 is 41.1 Å². The molecule has 1 radical (unpaired) electrons. The predicted molar refractivity (Wildman–Crippen MR) is 67.8 cm³/mol. The molecule has 0 saturated heterocycles. The van der Waals surface area contributed by atoms with Gasteiger partial charge in [-0.25, -0.2) is 25.3 Å². The van der Waals surface area contributed by atoms with Crippen LogP contribution < -0.4 is 0 Å². The SMILES string of the molecule is O=S(=O)([O-])c1cc2ccccc2c(S(=O)(=O)[O-])c1S(=O)(=O)[O-].[Cr+3]. The molecule has 123 valence electrons. The standard InChI is InChI=1S/C10H8O9S3.Cr/c11-20(12,13)8-5-6-3-1-2-4-7(6)9(21(14,15)16)10(8)22(17,18)19;/h1-5H,(H,11,12,13)(H,14,15,16)(H,17,18,19);/q;+3/p-3. The predicted octanol–water partition coefficient (Wildman–Crippen LogP) is -0.450. The van der Waals surface area contributed by atoms with Crippen LogP contribution in [0.3, 0.4) is 0 Å². The molecular formula is C10H5CrO9S3. The summed E-state index contributed by atoms with van der Waals surface area (Å²) in [5, 5.41) is -0.668. The van der Waals surface area contributed by atoms with Crippen LogP contribution in [0.15, 0.2) is 45.0 Å². The van der Waals surface area contributed by atoms with E-state index in [1.807, 2.05) is 0 Å². The molecule has 0 saturated carbocycles. The minimum Gasteiger partial charge on any atom is -0.744 e. The Hall–Kier alpha value is -1.04. The van der Waals surface area contributed by atoms with Crippen molar-refractivity contribution < 1.29 is 56.3 Å². The molecule has 0 aromatic heterocycles. The molecule has 9 nitrogen and oxygen atoms in total. The summed E-state index contributed by atoms with van der Waals surface area (Å²) in [5.41, 5.74) is 0. The monoisotopic (exact) mass is 417 g/mol. The number of fused-ring (bicyclic) bond motifs is 1. The van der Waals surface area contributed by atoms with Crippen LogP contribution >= 0.6 is 0 Å². The van der Waals surface area contributed by atoms with E-state index in [4.69, 9.17) is 0 Å². The van der Waals surface area contributed by atoms with Gasteiger partial charge in [0.15, 0.2) is 0 Å². The molecular weight excluding hydrogens is 412 g/mol. The van der Waals surface area contributed by atoms with Gasteiger partial charge in [0, 0.05) is 5.39 Å². The van der Waals surface area contributed by atoms with Crippen LogP contribution in [0, 0.1) is 0 Å². The molecule has 0 heterocycles. The number of rotatable bonds is 3. The van der Waals surface area contributed by atoms with E-state index >= 15 is 0 Å². The summed E-state index contributed by atoms with van der Waals surface area (Å²) < 4.78 is 101. The van der Waals surface area contributed by atoms with E-state index in [0.717, 1.165) is 12.1 Å². The fourth-order valence-corrected chi connectivity index (χ4v) is 5.27. The molecule has 0 aliphatic rings. The van der Waals surface area contributed by atoms with Gasteiger partial charge in [0.1, 0.15) is 30.4 Å². The van der Waals surface area contributed by atoms with Gasteiger partial charge in [0.05, 0.1) is 14.7 Å². The van der Waals surface area contributed by atoms with Gasteiger partial charge in [-0.3, -0.25) is 0 Å². The van der Waals surface area contributed by atoms with Crippen molar-refractivity contribution in [3.8, 4) is 0 Å². The maximum atomic E-state index is 11.3. The van der Waals surface area contributed by atoms with Crippen LogP contribution in [0.1, 0.15) is 0 Å². The zero-order chi connectivity index (χ0) is 16.9. The molecule has 0 fully saturated rings. The quantitative estimate of drug-likeness (QED) is 0.600. The van der Waals surface area contributed by atoms with Gasteiger partial charge in [-0.15, -0.1) is 0 Å². The van der Waals surface area contributed by atoms with Gasteiger partial charge in [-0.05, 0) is 11.5 Å². The van der Waals surface area contributed by atoms with E-state index in [0.29, 0.717) is 6.07 Å². The van der Waals surface area contributed by atoms with Gasteiger partial charge < -0.3 is 13.7 Å². The van der Waals surface area contributed by atoms with Gasteiger partial charge in [0.2, 0.25) is 0 Å². The van der Waals surface area contributed by atoms with Crippen LogP contribution in [0.2, 0.25) is 0 Å². The fourth-order valence-electron chi connectivity index (χ4n) is 1.94. The molecule has 0 amide bonds. The van der Waals surface area contributed by atoms with Crippen molar-refractivity contribution in [1.29, 1.82) is 0 Å². The Labute approximate surface area is 142 Å². The summed E-state index contributed by atoms with van der Waals surface area (Å²) in [6, 6.07) is 5.27. The second-order valence-corrected chi connectivity index (χ2v) is 8.10. The largest absolute Gasteiger partial charge is 3.00 e. The van der Waals surface area contributed by atoms with Gasteiger partial charge >= 0.3 is 17.4 Å². The molecule has 0 aliphatic carbocycles. The summed E-state index contributed by atoms with van der Waals surface area (Å²) in [6.07, 6.45) is 0. The summed E-state index contributed by atoms with van der Waals surface area (Å²) in [7, 11) is -16.8. The van der Waals surface area contributed by atoms with Crippen molar-refractivity contribution in [2.24, 2.45) is 0 Å². The fraction of sp³-hybridized carbons (Fsp3) is 0. The van der Waals surface area contributed by atoms with Crippen molar-refractivity contribution in [2.45, 2.75) is 14.7 Å². The van der Waals surface area contributed by atoms with Crippen LogP contribution in [-0.4, -0.2) is 38.9 Å². The number of hydrogen-bond donors (Lipinski definition) is 0. The zero-order valence-electron chi connectivity index (χ0n) is 10.7. The first-order chi connectivity index (χ1) is 9.83. The van der Waals surface area contributed by atoms with E-state index in [-0.39, 0.29) is 22.7 Å². The second-order valence-electron chi connectivity index (χ2n) is 4.12. The Kier molecular flexibility index (Phi) is 5.32. The average molecular weight is 417 g/mol. The third-order valence-corrected chi connectivity index (χ3v) is 5.66. The molecule has 0 atom stereocenters. The van der Waals surface area contributed by atoms with E-state index in [2.05, 4.69) is 0 Å². The van der Waals surface area contributed by atoms with Crippen molar-refractivity contribution in [3.63, 3.8) is 0 Å². The van der Waals surface area contributed by atoms with E-state index < -0.39 is 50.4 Å². The van der Waals surface area contributed by atoms with Crippen LogP contribution in [-0.2, 0) is 47.7 Å². The third kappa shape index (κ3) is 3.90. The molecule has 0 aliphatic heterocycles. The maximum Gasteiger partial charge on any atom is 3.00 e. The summed E-state index contributed by atoms with van der Waals surface area (Å²) in [4.78, 5) is -4.97. The Morgan fingerprint density at radius 3 is 1.61 bits per heavy atom. The first kappa shape index (κ1) is 20.0. The smallest absolute Gasteiger partial charge is 0.744 e. The topological polar surface area (TPSA) is 172 Å². The minimum atomic E-state index is -5.73. The van der Waals surface area contributed by atoms with Gasteiger partial charge in [0.25, 0.3) is 0 Å². The molecule has 0 unspecified atom stereocenters. The Morgan fingerprint density at radius 2 is 1.17 bits per heavy atom. The van der Waals surface area contributed by atoms with E-state index in [1.165, 1.54) is 12.1 Å². The van der Waals surface area contributed by atoms with Crippen LogP contribution in [0.25, 0.3) is 10.8 Å². The molecule has 2 aromatic carbocycles. The van der Waals surface area contributed by atoms with Crippen molar-refractivity contribution in [3.05, 3.63) is 30.3 Å².